The van der Waals surface area contributed by atoms with Crippen molar-refractivity contribution < 1.29 is 4.79 Å². The Morgan fingerprint density at radius 1 is 1.29 bits per heavy atom. The first-order valence-electron chi connectivity index (χ1n) is 6.41. The van der Waals surface area contributed by atoms with Crippen molar-refractivity contribution in [3.63, 3.8) is 0 Å². The Balaban J connectivity index is 1.73. The highest BCUT2D eigenvalue weighted by molar-refractivity contribution is 5.79. The first-order valence-corrected chi connectivity index (χ1v) is 6.41. The highest BCUT2D eigenvalue weighted by Gasteiger charge is 2.27. The van der Waals surface area contributed by atoms with E-state index < -0.39 is 0 Å². The highest BCUT2D eigenvalue weighted by atomic mass is 16.1. The maximum Gasteiger partial charge on any atom is 0.224 e. The van der Waals surface area contributed by atoms with Gasteiger partial charge >= 0.3 is 0 Å². The van der Waals surface area contributed by atoms with Gasteiger partial charge in [0.2, 0.25) is 5.91 Å². The van der Waals surface area contributed by atoms with Gasteiger partial charge in [0.05, 0.1) is 5.92 Å². The minimum atomic E-state index is 0.0217. The fourth-order valence-corrected chi connectivity index (χ4v) is 2.44. The molecule has 2 atom stereocenters. The van der Waals surface area contributed by atoms with Crippen LogP contribution in [0.1, 0.15) is 25.7 Å². The number of rotatable bonds is 4. The number of nitrogens with zero attached hydrogens (tertiary/aromatic N) is 1. The molecule has 0 spiro atoms. The van der Waals surface area contributed by atoms with Crippen molar-refractivity contribution in [3.05, 3.63) is 24.5 Å². The van der Waals surface area contributed by atoms with Crippen molar-refractivity contribution >= 4 is 5.91 Å². The predicted molar refractivity (Wildman–Crippen MR) is 67.4 cm³/mol. The quantitative estimate of drug-likeness (QED) is 0.821. The summed E-state index contributed by atoms with van der Waals surface area (Å²) in [4.78, 5) is 11.9. The summed E-state index contributed by atoms with van der Waals surface area (Å²) in [7, 11) is 0. The van der Waals surface area contributed by atoms with E-state index in [1.165, 1.54) is 0 Å². The predicted octanol–water partition coefficient (Wildman–Crippen LogP) is 1.12. The monoisotopic (exact) mass is 235 g/mol. The number of hydrogen-bond donors (Lipinski definition) is 2. The molecule has 1 aliphatic rings. The van der Waals surface area contributed by atoms with E-state index in [2.05, 4.69) is 9.88 Å². The number of hydrogen-bond acceptors (Lipinski definition) is 2. The van der Waals surface area contributed by atoms with Gasteiger partial charge in [-0.2, -0.15) is 0 Å². The Morgan fingerprint density at radius 2 is 2.00 bits per heavy atom. The molecule has 1 aromatic heterocycles. The van der Waals surface area contributed by atoms with Gasteiger partial charge in [0, 0.05) is 31.5 Å². The molecule has 17 heavy (non-hydrogen) atoms. The van der Waals surface area contributed by atoms with E-state index in [9.17, 15) is 4.79 Å². The van der Waals surface area contributed by atoms with Gasteiger partial charge in [0.15, 0.2) is 0 Å². The van der Waals surface area contributed by atoms with Crippen LogP contribution in [0.5, 0.6) is 0 Å². The van der Waals surface area contributed by atoms with Crippen LogP contribution in [-0.4, -0.2) is 23.1 Å². The molecule has 1 aliphatic carbocycles. The van der Waals surface area contributed by atoms with Crippen molar-refractivity contribution in [1.29, 1.82) is 0 Å². The molecule has 1 amide bonds. The van der Waals surface area contributed by atoms with Gasteiger partial charge in [-0.05, 0) is 25.0 Å². The largest absolute Gasteiger partial charge is 0.354 e. The van der Waals surface area contributed by atoms with Crippen molar-refractivity contribution in [3.8, 4) is 0 Å². The average Bonchev–Trinajstić information content (AvgIpc) is 2.82. The first-order chi connectivity index (χ1) is 8.27. The number of nitrogens with one attached hydrogen (secondary N) is 1. The summed E-state index contributed by atoms with van der Waals surface area (Å²) < 4.78 is 2.06. The molecule has 0 aromatic carbocycles. The van der Waals surface area contributed by atoms with Gasteiger partial charge in [-0.1, -0.05) is 12.8 Å². The van der Waals surface area contributed by atoms with Crippen LogP contribution in [-0.2, 0) is 11.3 Å². The number of nitrogens with two attached hydrogens (primary N) is 1. The van der Waals surface area contributed by atoms with Gasteiger partial charge in [-0.3, -0.25) is 4.79 Å². The van der Waals surface area contributed by atoms with Gasteiger partial charge in [-0.25, -0.2) is 0 Å². The minimum absolute atomic E-state index is 0.0217. The molecule has 1 aromatic rings. The van der Waals surface area contributed by atoms with E-state index >= 15 is 0 Å². The topological polar surface area (TPSA) is 60.1 Å². The zero-order valence-electron chi connectivity index (χ0n) is 10.1. The number of amides is 1. The summed E-state index contributed by atoms with van der Waals surface area (Å²) in [5.41, 5.74) is 5.98. The third-order valence-electron chi connectivity index (χ3n) is 3.49. The zero-order valence-corrected chi connectivity index (χ0v) is 10.1. The van der Waals surface area contributed by atoms with Gasteiger partial charge < -0.3 is 15.6 Å². The van der Waals surface area contributed by atoms with Gasteiger partial charge in [-0.15, -0.1) is 0 Å². The summed E-state index contributed by atoms with van der Waals surface area (Å²) >= 11 is 0. The van der Waals surface area contributed by atoms with E-state index in [4.69, 9.17) is 5.73 Å². The summed E-state index contributed by atoms with van der Waals surface area (Å²) in [6, 6.07) is 4.02. The third kappa shape index (κ3) is 3.33. The smallest absolute Gasteiger partial charge is 0.224 e. The van der Waals surface area contributed by atoms with E-state index in [0.29, 0.717) is 6.54 Å². The van der Waals surface area contributed by atoms with Gasteiger partial charge in [0.25, 0.3) is 0 Å². The molecule has 3 N–H and O–H groups in total. The Bertz CT molecular complexity index is 348. The lowest BCUT2D eigenvalue weighted by Gasteiger charge is -2.27. The summed E-state index contributed by atoms with van der Waals surface area (Å²) in [5, 5.41) is 2.98. The van der Waals surface area contributed by atoms with Crippen LogP contribution >= 0.6 is 0 Å². The second-order valence-electron chi connectivity index (χ2n) is 4.77. The molecule has 0 aliphatic heterocycles. The second kappa shape index (κ2) is 5.87. The van der Waals surface area contributed by atoms with Crippen LogP contribution in [0.25, 0.3) is 0 Å². The lowest BCUT2D eigenvalue weighted by Crippen LogP contribution is -2.44. The first kappa shape index (κ1) is 12.2. The molecule has 1 saturated carbocycles. The summed E-state index contributed by atoms with van der Waals surface area (Å²) in [5.74, 6) is 0.151. The average molecular weight is 235 g/mol. The van der Waals surface area contributed by atoms with Crippen molar-refractivity contribution in [1.82, 2.24) is 9.88 Å². The Kier molecular flexibility index (Phi) is 4.20. The molecular formula is C13H21N3O. The van der Waals surface area contributed by atoms with Crippen molar-refractivity contribution in [2.75, 3.05) is 6.54 Å². The highest BCUT2D eigenvalue weighted by Crippen LogP contribution is 2.22. The van der Waals surface area contributed by atoms with Gasteiger partial charge in [0.1, 0.15) is 0 Å². The normalized spacial score (nSPS) is 24.5. The molecule has 4 heteroatoms. The fourth-order valence-electron chi connectivity index (χ4n) is 2.44. The molecule has 0 radical (unpaired) electrons. The molecule has 1 fully saturated rings. The SMILES string of the molecule is NC1CCCCC1C(=O)NCCn1cccc1. The van der Waals surface area contributed by atoms with E-state index in [1.54, 1.807) is 0 Å². The summed E-state index contributed by atoms with van der Waals surface area (Å²) in [6.45, 7) is 1.50. The second-order valence-corrected chi connectivity index (χ2v) is 4.77. The maximum atomic E-state index is 11.9. The Labute approximate surface area is 102 Å². The fraction of sp³-hybridized carbons (Fsp3) is 0.615. The van der Waals surface area contributed by atoms with Crippen LogP contribution in [0.15, 0.2) is 24.5 Å². The number of aromatic nitrogens is 1. The standard InChI is InChI=1S/C13H21N3O/c14-12-6-2-1-5-11(12)13(17)15-7-10-16-8-3-4-9-16/h3-4,8-9,11-12H,1-2,5-7,10,14H2,(H,15,17). The van der Waals surface area contributed by atoms with Crippen molar-refractivity contribution in [2.24, 2.45) is 11.7 Å². The molecule has 2 unspecified atom stereocenters. The lowest BCUT2D eigenvalue weighted by molar-refractivity contribution is -0.126. The van der Waals surface area contributed by atoms with Crippen LogP contribution in [0.2, 0.25) is 0 Å². The molecule has 0 saturated heterocycles. The number of carbonyl (C=O) groups excluding carboxylic acids is 1. The molecule has 0 bridgehead atoms. The Hall–Kier alpha value is -1.29. The molecule has 1 heterocycles. The molecule has 2 rings (SSSR count). The maximum absolute atomic E-state index is 11.9. The van der Waals surface area contributed by atoms with Crippen LogP contribution in [0.4, 0.5) is 0 Å². The minimum Gasteiger partial charge on any atom is -0.354 e. The summed E-state index contributed by atoms with van der Waals surface area (Å²) in [6.07, 6.45) is 8.21. The third-order valence-corrected chi connectivity index (χ3v) is 3.49. The van der Waals surface area contributed by atoms with Crippen LogP contribution in [0, 0.1) is 5.92 Å². The number of carbonyl (C=O) groups is 1. The molecular weight excluding hydrogens is 214 g/mol. The van der Waals surface area contributed by atoms with Crippen LogP contribution in [0.3, 0.4) is 0 Å². The molecule has 4 nitrogen and oxygen atoms in total. The van der Waals surface area contributed by atoms with Crippen molar-refractivity contribution in [2.45, 2.75) is 38.3 Å². The van der Waals surface area contributed by atoms with E-state index in [-0.39, 0.29) is 17.9 Å². The van der Waals surface area contributed by atoms with Crippen LogP contribution < -0.4 is 11.1 Å². The Morgan fingerprint density at radius 3 is 2.71 bits per heavy atom. The van der Waals surface area contributed by atoms with E-state index in [0.717, 1.165) is 32.2 Å². The van der Waals surface area contributed by atoms with E-state index in [1.807, 2.05) is 24.5 Å². The lowest BCUT2D eigenvalue weighted by atomic mass is 9.84. The molecule has 94 valence electrons. The zero-order chi connectivity index (χ0) is 12.1.